The fourth-order valence-corrected chi connectivity index (χ4v) is 8.45. The maximum Gasteiger partial charge on any atom is 0.305 e. The lowest BCUT2D eigenvalue weighted by atomic mass is 10.0. The van der Waals surface area contributed by atoms with Crippen molar-refractivity contribution in [2.45, 2.75) is 309 Å². The number of nitrogens with one attached hydrogen (secondary N) is 1. The van der Waals surface area contributed by atoms with E-state index in [9.17, 15) is 19.8 Å². The molecule has 0 fully saturated rings. The monoisotopic (exact) mass is 874 g/mol. The molecule has 0 bridgehead atoms. The van der Waals surface area contributed by atoms with Gasteiger partial charge in [-0.05, 0) is 57.8 Å². The van der Waals surface area contributed by atoms with Gasteiger partial charge in [0.25, 0.3) is 0 Å². The van der Waals surface area contributed by atoms with Crippen molar-refractivity contribution in [3.05, 3.63) is 24.3 Å². The molecular formula is C56H107NO5. The Kier molecular flexibility index (Phi) is 50.6. The van der Waals surface area contributed by atoms with Crippen LogP contribution >= 0.6 is 0 Å². The number of aliphatic hydroxyl groups is 2. The smallest absolute Gasteiger partial charge is 0.305 e. The Hall–Kier alpha value is -1.66. The summed E-state index contributed by atoms with van der Waals surface area (Å²) in [5.74, 6) is -0.131. The van der Waals surface area contributed by atoms with E-state index in [-0.39, 0.29) is 18.5 Å². The van der Waals surface area contributed by atoms with Crippen LogP contribution in [0.15, 0.2) is 24.3 Å². The zero-order valence-electron chi connectivity index (χ0n) is 41.6. The fraction of sp³-hybridized carbons (Fsp3) is 0.893. The van der Waals surface area contributed by atoms with Crippen LogP contribution in [0.1, 0.15) is 296 Å². The van der Waals surface area contributed by atoms with Crippen molar-refractivity contribution in [2.24, 2.45) is 0 Å². The molecule has 6 heteroatoms. The molecule has 0 saturated carbocycles. The Labute approximate surface area is 386 Å². The summed E-state index contributed by atoms with van der Waals surface area (Å²) in [6.45, 7) is 4.82. The van der Waals surface area contributed by atoms with Crippen molar-refractivity contribution in [3.63, 3.8) is 0 Å². The number of esters is 1. The first-order chi connectivity index (χ1) is 30.5. The van der Waals surface area contributed by atoms with Crippen LogP contribution in [0.3, 0.4) is 0 Å². The third-order valence-corrected chi connectivity index (χ3v) is 12.7. The topological polar surface area (TPSA) is 95.9 Å². The van der Waals surface area contributed by atoms with Gasteiger partial charge in [-0.2, -0.15) is 0 Å². The van der Waals surface area contributed by atoms with Gasteiger partial charge in [0.2, 0.25) is 5.91 Å². The van der Waals surface area contributed by atoms with Crippen LogP contribution in [0.5, 0.6) is 0 Å². The van der Waals surface area contributed by atoms with Gasteiger partial charge in [-0.3, -0.25) is 9.59 Å². The van der Waals surface area contributed by atoms with Crippen molar-refractivity contribution < 1.29 is 24.5 Å². The third-order valence-electron chi connectivity index (χ3n) is 12.7. The van der Waals surface area contributed by atoms with E-state index in [0.717, 1.165) is 57.8 Å². The average molecular weight is 874 g/mol. The minimum absolute atomic E-state index is 0.0368. The lowest BCUT2D eigenvalue weighted by molar-refractivity contribution is -0.143. The number of hydrogen-bond donors (Lipinski definition) is 3. The first-order valence-electron chi connectivity index (χ1n) is 27.6. The van der Waals surface area contributed by atoms with E-state index in [4.69, 9.17) is 4.74 Å². The van der Waals surface area contributed by atoms with Crippen molar-refractivity contribution in [1.82, 2.24) is 5.32 Å². The van der Waals surface area contributed by atoms with Crippen LogP contribution in [0.4, 0.5) is 0 Å². The molecule has 0 aromatic heterocycles. The van der Waals surface area contributed by atoms with Gasteiger partial charge in [0.15, 0.2) is 0 Å². The number of ether oxygens (including phenoxy) is 1. The first-order valence-corrected chi connectivity index (χ1v) is 27.6. The second-order valence-corrected chi connectivity index (χ2v) is 18.9. The Morgan fingerprint density at radius 3 is 1.18 bits per heavy atom. The number of unbranched alkanes of at least 4 members (excludes halogenated alkanes) is 38. The molecule has 366 valence electrons. The molecule has 0 aromatic carbocycles. The van der Waals surface area contributed by atoms with Crippen LogP contribution in [0.25, 0.3) is 0 Å². The molecule has 0 aliphatic carbocycles. The van der Waals surface area contributed by atoms with E-state index >= 15 is 0 Å². The number of hydrogen-bond acceptors (Lipinski definition) is 5. The molecule has 62 heavy (non-hydrogen) atoms. The maximum atomic E-state index is 12.5. The van der Waals surface area contributed by atoms with Crippen molar-refractivity contribution in [1.29, 1.82) is 0 Å². The number of amides is 1. The molecule has 0 rings (SSSR count). The Bertz CT molecular complexity index is 966. The van der Waals surface area contributed by atoms with Crippen molar-refractivity contribution >= 4 is 11.9 Å². The molecular weight excluding hydrogens is 767 g/mol. The normalized spacial score (nSPS) is 12.8. The minimum Gasteiger partial charge on any atom is -0.466 e. The SMILES string of the molecule is CCCCC/C=C\CCCCCCCC(=O)OCCCCCCCCCCCC(=O)NC(CO)C(O)/C=C/CCCCCCCCCCCCCCCCCCCCCCCC. The van der Waals surface area contributed by atoms with Gasteiger partial charge in [-0.15, -0.1) is 0 Å². The van der Waals surface area contributed by atoms with Gasteiger partial charge in [0, 0.05) is 12.8 Å². The largest absolute Gasteiger partial charge is 0.466 e. The quantitative estimate of drug-likeness (QED) is 0.0321. The van der Waals surface area contributed by atoms with E-state index in [1.54, 1.807) is 6.08 Å². The van der Waals surface area contributed by atoms with Crippen LogP contribution in [0, 0.1) is 0 Å². The van der Waals surface area contributed by atoms with E-state index in [2.05, 4.69) is 31.3 Å². The van der Waals surface area contributed by atoms with E-state index in [1.807, 2.05) is 6.08 Å². The summed E-state index contributed by atoms with van der Waals surface area (Å²) in [4.78, 5) is 24.5. The van der Waals surface area contributed by atoms with Gasteiger partial charge < -0.3 is 20.3 Å². The molecule has 0 spiro atoms. The maximum absolute atomic E-state index is 12.5. The Morgan fingerprint density at radius 2 is 0.758 bits per heavy atom. The highest BCUT2D eigenvalue weighted by molar-refractivity contribution is 5.76. The molecule has 0 heterocycles. The number of rotatable bonds is 51. The summed E-state index contributed by atoms with van der Waals surface area (Å²) in [5.41, 5.74) is 0. The molecule has 0 aliphatic heterocycles. The Balaban J connectivity index is 3.52. The molecule has 1 amide bonds. The second kappa shape index (κ2) is 52.0. The highest BCUT2D eigenvalue weighted by Crippen LogP contribution is 2.17. The van der Waals surface area contributed by atoms with Crippen LogP contribution in [0.2, 0.25) is 0 Å². The highest BCUT2D eigenvalue weighted by atomic mass is 16.5. The average Bonchev–Trinajstić information content (AvgIpc) is 3.27. The molecule has 2 unspecified atom stereocenters. The van der Waals surface area contributed by atoms with Gasteiger partial charge in [0.05, 0.1) is 25.4 Å². The van der Waals surface area contributed by atoms with E-state index < -0.39 is 12.1 Å². The summed E-state index contributed by atoms with van der Waals surface area (Å²) < 4.78 is 5.43. The number of carbonyl (C=O) groups is 2. The molecule has 0 radical (unpaired) electrons. The summed E-state index contributed by atoms with van der Waals surface area (Å²) in [6, 6.07) is -0.649. The van der Waals surface area contributed by atoms with E-state index in [1.165, 1.54) is 212 Å². The summed E-state index contributed by atoms with van der Waals surface area (Å²) >= 11 is 0. The summed E-state index contributed by atoms with van der Waals surface area (Å²) in [5, 5.41) is 23.1. The van der Waals surface area contributed by atoms with Gasteiger partial charge in [-0.25, -0.2) is 0 Å². The van der Waals surface area contributed by atoms with Crippen LogP contribution < -0.4 is 5.32 Å². The second-order valence-electron chi connectivity index (χ2n) is 18.9. The molecule has 6 nitrogen and oxygen atoms in total. The van der Waals surface area contributed by atoms with Crippen molar-refractivity contribution in [3.8, 4) is 0 Å². The molecule has 0 aliphatic rings. The van der Waals surface area contributed by atoms with Crippen molar-refractivity contribution in [2.75, 3.05) is 13.2 Å². The molecule has 0 aromatic rings. The standard InChI is InChI=1S/C56H107NO5/c1-3-5-7-9-11-13-15-17-18-19-20-21-22-23-24-25-26-27-28-29-32-36-40-44-48-54(59)53(52-58)57-55(60)49-45-41-37-33-31-35-39-43-47-51-62-56(61)50-46-42-38-34-30-16-14-12-10-8-6-4-2/h12,14,44,48,53-54,58-59H,3-11,13,15-43,45-47,49-52H2,1-2H3,(H,57,60)/b14-12-,48-44+. The predicted molar refractivity (Wildman–Crippen MR) is 269 cm³/mol. The van der Waals surface area contributed by atoms with Crippen LogP contribution in [-0.4, -0.2) is 47.4 Å². The van der Waals surface area contributed by atoms with E-state index in [0.29, 0.717) is 19.4 Å². The molecule has 2 atom stereocenters. The van der Waals surface area contributed by atoms with Gasteiger partial charge in [-0.1, -0.05) is 250 Å². The third kappa shape index (κ3) is 47.8. The van der Waals surface area contributed by atoms with Gasteiger partial charge >= 0.3 is 5.97 Å². The lowest BCUT2D eigenvalue weighted by Gasteiger charge is -2.20. The zero-order chi connectivity index (χ0) is 45.1. The Morgan fingerprint density at radius 1 is 0.435 bits per heavy atom. The minimum atomic E-state index is -0.863. The molecule has 0 saturated heterocycles. The number of aliphatic hydroxyl groups excluding tert-OH is 2. The first kappa shape index (κ1) is 60.3. The fourth-order valence-electron chi connectivity index (χ4n) is 8.45. The highest BCUT2D eigenvalue weighted by Gasteiger charge is 2.18. The van der Waals surface area contributed by atoms with Crippen LogP contribution in [-0.2, 0) is 14.3 Å². The lowest BCUT2D eigenvalue weighted by Crippen LogP contribution is -2.45. The molecule has 3 N–H and O–H groups in total. The summed E-state index contributed by atoms with van der Waals surface area (Å²) in [6.07, 6.45) is 61.9. The zero-order valence-corrected chi connectivity index (χ0v) is 41.6. The predicted octanol–water partition coefficient (Wildman–Crippen LogP) is 16.7. The van der Waals surface area contributed by atoms with Gasteiger partial charge in [0.1, 0.15) is 0 Å². The number of allylic oxidation sites excluding steroid dienone is 3. The summed E-state index contributed by atoms with van der Waals surface area (Å²) in [7, 11) is 0. The number of carbonyl (C=O) groups excluding carboxylic acids is 2.